The summed E-state index contributed by atoms with van der Waals surface area (Å²) in [5.74, 6) is 0.503. The summed E-state index contributed by atoms with van der Waals surface area (Å²) in [5.41, 5.74) is 0.608. The largest absolute Gasteiger partial charge is 0.432 e. The summed E-state index contributed by atoms with van der Waals surface area (Å²) in [6, 6.07) is 0.0150. The number of anilines is 1. The third-order valence-electron chi connectivity index (χ3n) is 2.42. The van der Waals surface area contributed by atoms with E-state index in [4.69, 9.17) is 4.42 Å². The summed E-state index contributed by atoms with van der Waals surface area (Å²) in [6.07, 6.45) is -2.87. The quantitative estimate of drug-likeness (QED) is 0.833. The molecule has 0 aliphatic carbocycles. The summed E-state index contributed by atoms with van der Waals surface area (Å²) < 4.78 is 42.2. The minimum absolute atomic E-state index is 0.0150. The fourth-order valence-electron chi connectivity index (χ4n) is 1.54. The van der Waals surface area contributed by atoms with Gasteiger partial charge in [0.25, 0.3) is 6.01 Å². The number of nitrogens with one attached hydrogen (secondary N) is 1. The van der Waals surface area contributed by atoms with Crippen LogP contribution in [0.2, 0.25) is 0 Å². The van der Waals surface area contributed by atoms with Crippen LogP contribution in [-0.4, -0.2) is 30.8 Å². The van der Waals surface area contributed by atoms with Crippen molar-refractivity contribution in [2.75, 3.05) is 24.5 Å². The molecule has 1 heterocycles. The maximum Gasteiger partial charge on any atom is 0.406 e. The molecule has 1 aromatic heterocycles. The second-order valence-corrected chi connectivity index (χ2v) is 4.78. The Bertz CT molecular complexity index is 377. The molecule has 1 rings (SSSR count). The molecule has 7 heteroatoms. The zero-order chi connectivity index (χ0) is 14.5. The predicted molar refractivity (Wildman–Crippen MR) is 67.0 cm³/mol. The molecule has 0 aromatic carbocycles. The van der Waals surface area contributed by atoms with Gasteiger partial charge < -0.3 is 14.6 Å². The van der Waals surface area contributed by atoms with Crippen molar-refractivity contribution in [2.24, 2.45) is 5.92 Å². The second kappa shape index (κ2) is 6.79. The van der Waals surface area contributed by atoms with Crippen LogP contribution in [0.5, 0.6) is 0 Å². The molecule has 0 spiro atoms. The van der Waals surface area contributed by atoms with E-state index < -0.39 is 12.7 Å². The van der Waals surface area contributed by atoms with Crippen LogP contribution in [0, 0.1) is 5.92 Å². The van der Waals surface area contributed by atoms with Gasteiger partial charge in [0.15, 0.2) is 0 Å². The van der Waals surface area contributed by atoms with Crippen molar-refractivity contribution in [2.45, 2.75) is 33.5 Å². The number of alkyl halides is 3. The zero-order valence-corrected chi connectivity index (χ0v) is 11.4. The van der Waals surface area contributed by atoms with Crippen LogP contribution in [0.25, 0.3) is 0 Å². The lowest BCUT2D eigenvalue weighted by Crippen LogP contribution is -2.34. The van der Waals surface area contributed by atoms with Crippen molar-refractivity contribution in [1.82, 2.24) is 10.3 Å². The highest BCUT2D eigenvalue weighted by Gasteiger charge is 2.31. The number of hydrogen-bond donors (Lipinski definition) is 1. The van der Waals surface area contributed by atoms with Gasteiger partial charge in [-0.1, -0.05) is 13.8 Å². The fraction of sp³-hybridized carbons (Fsp3) is 0.750. The van der Waals surface area contributed by atoms with E-state index in [9.17, 15) is 13.2 Å². The molecule has 0 saturated heterocycles. The minimum atomic E-state index is -4.26. The Balaban J connectivity index is 2.56. The first-order valence-corrected chi connectivity index (χ1v) is 6.28. The van der Waals surface area contributed by atoms with Crippen molar-refractivity contribution >= 4 is 6.01 Å². The van der Waals surface area contributed by atoms with Crippen LogP contribution < -0.4 is 10.2 Å². The minimum Gasteiger partial charge on any atom is -0.432 e. The first-order valence-electron chi connectivity index (χ1n) is 6.28. The molecule has 0 aliphatic rings. The van der Waals surface area contributed by atoms with Gasteiger partial charge in [-0.05, 0) is 19.4 Å². The predicted octanol–water partition coefficient (Wildman–Crippen LogP) is 2.81. The Labute approximate surface area is 111 Å². The van der Waals surface area contributed by atoms with Gasteiger partial charge in [0.05, 0.1) is 5.69 Å². The Morgan fingerprint density at radius 2 is 2.11 bits per heavy atom. The topological polar surface area (TPSA) is 41.3 Å². The maximum absolute atomic E-state index is 12.4. The highest BCUT2D eigenvalue weighted by Crippen LogP contribution is 2.21. The number of hydrogen-bond acceptors (Lipinski definition) is 4. The van der Waals surface area contributed by atoms with Gasteiger partial charge in [-0.15, -0.1) is 0 Å². The van der Waals surface area contributed by atoms with Gasteiger partial charge in [-0.3, -0.25) is 0 Å². The molecule has 0 unspecified atom stereocenters. The van der Waals surface area contributed by atoms with Crippen LogP contribution in [-0.2, 0) is 6.54 Å². The summed E-state index contributed by atoms with van der Waals surface area (Å²) in [4.78, 5) is 5.12. The van der Waals surface area contributed by atoms with Crippen molar-refractivity contribution in [3.8, 4) is 0 Å². The van der Waals surface area contributed by atoms with Crippen LogP contribution in [0.4, 0.5) is 19.2 Å². The highest BCUT2D eigenvalue weighted by atomic mass is 19.4. The van der Waals surface area contributed by atoms with Gasteiger partial charge >= 0.3 is 6.18 Å². The van der Waals surface area contributed by atoms with Crippen LogP contribution in [0.3, 0.4) is 0 Å². The lowest BCUT2D eigenvalue weighted by atomic mass is 10.2. The van der Waals surface area contributed by atoms with Crippen molar-refractivity contribution in [3.05, 3.63) is 12.0 Å². The van der Waals surface area contributed by atoms with Crippen LogP contribution in [0.15, 0.2) is 10.7 Å². The molecule has 1 aromatic rings. The average Bonchev–Trinajstić information content (AvgIpc) is 2.73. The third-order valence-corrected chi connectivity index (χ3v) is 2.42. The molecule has 0 radical (unpaired) electrons. The third kappa shape index (κ3) is 5.96. The SMILES string of the molecule is CCN(CC(F)(F)F)c1nc(CNCC(C)C)co1. The van der Waals surface area contributed by atoms with Gasteiger partial charge in [0.1, 0.15) is 12.8 Å². The van der Waals surface area contributed by atoms with E-state index in [1.54, 1.807) is 6.92 Å². The first kappa shape index (κ1) is 15.8. The summed E-state index contributed by atoms with van der Waals surface area (Å²) in [5, 5.41) is 3.16. The van der Waals surface area contributed by atoms with E-state index in [1.807, 2.05) is 0 Å². The highest BCUT2D eigenvalue weighted by molar-refractivity contribution is 5.27. The van der Waals surface area contributed by atoms with E-state index in [2.05, 4.69) is 24.1 Å². The molecule has 0 aliphatic heterocycles. The van der Waals surface area contributed by atoms with E-state index in [0.717, 1.165) is 11.4 Å². The number of aromatic nitrogens is 1. The van der Waals surface area contributed by atoms with Crippen LogP contribution >= 0.6 is 0 Å². The molecule has 0 amide bonds. The van der Waals surface area contributed by atoms with Crippen molar-refractivity contribution in [3.63, 3.8) is 0 Å². The molecule has 0 atom stereocenters. The summed E-state index contributed by atoms with van der Waals surface area (Å²) in [7, 11) is 0. The smallest absolute Gasteiger partial charge is 0.406 e. The summed E-state index contributed by atoms with van der Waals surface area (Å²) >= 11 is 0. The van der Waals surface area contributed by atoms with Gasteiger partial charge in [0.2, 0.25) is 0 Å². The first-order chi connectivity index (χ1) is 8.81. The van der Waals surface area contributed by atoms with E-state index >= 15 is 0 Å². The van der Waals surface area contributed by atoms with Gasteiger partial charge in [0, 0.05) is 13.1 Å². The lowest BCUT2D eigenvalue weighted by molar-refractivity contribution is -0.120. The van der Waals surface area contributed by atoms with E-state index in [0.29, 0.717) is 18.2 Å². The maximum atomic E-state index is 12.4. The Morgan fingerprint density at radius 3 is 2.63 bits per heavy atom. The standard InChI is InChI=1S/C12H20F3N3O/c1-4-18(8-12(13,14)15)11-17-10(7-19-11)6-16-5-9(2)3/h7,9,16H,4-6,8H2,1-3H3. The van der Waals surface area contributed by atoms with Crippen molar-refractivity contribution in [1.29, 1.82) is 0 Å². The molecule has 110 valence electrons. The van der Waals surface area contributed by atoms with E-state index in [-0.39, 0.29) is 12.6 Å². The van der Waals surface area contributed by atoms with E-state index in [1.165, 1.54) is 6.26 Å². The molecule has 1 N–H and O–H groups in total. The van der Waals surface area contributed by atoms with Crippen molar-refractivity contribution < 1.29 is 17.6 Å². The van der Waals surface area contributed by atoms with Crippen LogP contribution in [0.1, 0.15) is 26.5 Å². The molecule has 4 nitrogen and oxygen atoms in total. The monoisotopic (exact) mass is 279 g/mol. The number of nitrogens with zero attached hydrogens (tertiary/aromatic N) is 2. The Hall–Kier alpha value is -1.24. The lowest BCUT2D eigenvalue weighted by Gasteiger charge is -2.19. The zero-order valence-electron chi connectivity index (χ0n) is 11.4. The van der Waals surface area contributed by atoms with Gasteiger partial charge in [-0.2, -0.15) is 18.2 Å². The Morgan fingerprint density at radius 1 is 1.42 bits per heavy atom. The molecule has 0 saturated carbocycles. The summed E-state index contributed by atoms with van der Waals surface area (Å²) in [6.45, 7) is 6.23. The molecular formula is C12H20F3N3O. The number of oxazole rings is 1. The average molecular weight is 279 g/mol. The normalized spacial score (nSPS) is 12.2. The fourth-order valence-corrected chi connectivity index (χ4v) is 1.54. The number of halogens is 3. The second-order valence-electron chi connectivity index (χ2n) is 4.78. The number of rotatable bonds is 7. The molecule has 0 fully saturated rings. The molecule has 0 bridgehead atoms. The molecular weight excluding hydrogens is 259 g/mol. The van der Waals surface area contributed by atoms with Gasteiger partial charge in [-0.25, -0.2) is 0 Å². The molecule has 19 heavy (non-hydrogen) atoms. The Kier molecular flexibility index (Phi) is 5.65.